The molecule has 146 valence electrons. The number of ether oxygens (including phenoxy) is 3. The lowest BCUT2D eigenvalue weighted by molar-refractivity contribution is -0.127. The molecule has 2 bridgehead atoms. The van der Waals surface area contributed by atoms with Crippen LogP contribution < -0.4 is 25.3 Å². The van der Waals surface area contributed by atoms with Crippen LogP contribution >= 0.6 is 12.4 Å². The second-order valence-corrected chi connectivity index (χ2v) is 6.99. The molecule has 0 aliphatic heterocycles. The second-order valence-electron chi connectivity index (χ2n) is 6.99. The molecule has 7 heteroatoms. The van der Waals surface area contributed by atoms with Gasteiger partial charge < -0.3 is 25.3 Å². The highest BCUT2D eigenvalue weighted by molar-refractivity contribution is 5.85. The Hall–Kier alpha value is -1.66. The number of hydrogen-bond donors (Lipinski definition) is 2. The quantitative estimate of drug-likeness (QED) is 0.752. The fourth-order valence-electron chi connectivity index (χ4n) is 4.48. The van der Waals surface area contributed by atoms with Crippen LogP contribution in [-0.2, 0) is 11.2 Å². The Bertz CT molecular complexity index is 613. The van der Waals surface area contributed by atoms with Gasteiger partial charge in [0.1, 0.15) is 17.2 Å². The van der Waals surface area contributed by atoms with Crippen molar-refractivity contribution in [2.45, 2.75) is 31.7 Å². The molecular weight excluding hydrogens is 356 g/mol. The predicted octanol–water partition coefficient (Wildman–Crippen LogP) is 2.17. The van der Waals surface area contributed by atoms with Gasteiger partial charge in [0.05, 0.1) is 27.2 Å². The molecule has 2 saturated carbocycles. The van der Waals surface area contributed by atoms with E-state index in [4.69, 9.17) is 19.9 Å². The molecule has 3 N–H and O–H groups in total. The molecule has 6 nitrogen and oxygen atoms in total. The summed E-state index contributed by atoms with van der Waals surface area (Å²) in [5, 5.41) is 3.06. The van der Waals surface area contributed by atoms with Gasteiger partial charge in [-0.1, -0.05) is 0 Å². The van der Waals surface area contributed by atoms with Gasteiger partial charge in [0.2, 0.25) is 5.91 Å². The van der Waals surface area contributed by atoms with Gasteiger partial charge in [-0.15, -0.1) is 12.4 Å². The van der Waals surface area contributed by atoms with Gasteiger partial charge in [0, 0.05) is 30.3 Å². The average Bonchev–Trinajstić information content (AvgIpc) is 3.22. The minimum atomic E-state index is -0.0293. The lowest BCUT2D eigenvalue weighted by Gasteiger charge is -2.27. The molecule has 1 amide bonds. The first-order chi connectivity index (χ1) is 12.1. The van der Waals surface area contributed by atoms with E-state index in [2.05, 4.69) is 5.32 Å². The van der Waals surface area contributed by atoms with Gasteiger partial charge in [0.15, 0.2) is 0 Å². The molecule has 4 unspecified atom stereocenters. The lowest BCUT2D eigenvalue weighted by Crippen LogP contribution is -2.45. The Kier molecular flexibility index (Phi) is 7.01. The van der Waals surface area contributed by atoms with Crippen molar-refractivity contribution in [3.05, 3.63) is 17.7 Å². The molecule has 2 fully saturated rings. The smallest absolute Gasteiger partial charge is 0.224 e. The number of halogens is 1. The number of hydrogen-bond acceptors (Lipinski definition) is 5. The average molecular weight is 385 g/mol. The predicted molar refractivity (Wildman–Crippen MR) is 102 cm³/mol. The van der Waals surface area contributed by atoms with Gasteiger partial charge in [-0.3, -0.25) is 4.79 Å². The molecule has 4 atom stereocenters. The van der Waals surface area contributed by atoms with Crippen molar-refractivity contribution in [2.75, 3.05) is 27.9 Å². The molecule has 1 aromatic carbocycles. The standard InChI is InChI=1S/C19H28N2O4.ClH/c1-23-13-9-15(24-2)14(16(10-13)25-3)6-7-21-19(22)17-11-4-5-12(8-11)18(17)20;/h9-12,17-18H,4-8,20H2,1-3H3,(H,21,22);1H. The van der Waals surface area contributed by atoms with E-state index >= 15 is 0 Å². The zero-order valence-corrected chi connectivity index (χ0v) is 16.4. The Labute approximate surface area is 161 Å². The van der Waals surface area contributed by atoms with Crippen molar-refractivity contribution in [3.8, 4) is 17.2 Å². The number of fused-ring (bicyclic) bond motifs is 2. The summed E-state index contributed by atoms with van der Waals surface area (Å²) in [6, 6.07) is 3.67. The van der Waals surface area contributed by atoms with Crippen molar-refractivity contribution < 1.29 is 19.0 Å². The second kappa shape index (κ2) is 8.82. The van der Waals surface area contributed by atoms with E-state index in [1.165, 1.54) is 6.42 Å². The zero-order chi connectivity index (χ0) is 18.0. The third kappa shape index (κ3) is 3.86. The largest absolute Gasteiger partial charge is 0.496 e. The number of nitrogens with two attached hydrogens (primary N) is 1. The molecular formula is C19H29ClN2O4. The summed E-state index contributed by atoms with van der Waals surface area (Å²) in [5.41, 5.74) is 7.18. The molecule has 0 saturated heterocycles. The molecule has 3 rings (SSSR count). The van der Waals surface area contributed by atoms with Crippen LogP contribution in [0.4, 0.5) is 0 Å². The van der Waals surface area contributed by atoms with Gasteiger partial charge in [-0.05, 0) is 37.5 Å². The first-order valence-electron chi connectivity index (χ1n) is 8.91. The molecule has 0 spiro atoms. The maximum atomic E-state index is 12.6. The van der Waals surface area contributed by atoms with E-state index in [0.29, 0.717) is 42.0 Å². The Morgan fingerprint density at radius 1 is 1.12 bits per heavy atom. The lowest BCUT2D eigenvalue weighted by atomic mass is 9.84. The van der Waals surface area contributed by atoms with Crippen LogP contribution in [0.5, 0.6) is 17.2 Å². The maximum absolute atomic E-state index is 12.6. The normalized spacial score (nSPS) is 26.2. The van der Waals surface area contributed by atoms with Crippen LogP contribution in [0.15, 0.2) is 12.1 Å². The highest BCUT2D eigenvalue weighted by atomic mass is 35.5. The topological polar surface area (TPSA) is 82.8 Å². The third-order valence-electron chi connectivity index (χ3n) is 5.77. The highest BCUT2D eigenvalue weighted by Crippen LogP contribution is 2.47. The van der Waals surface area contributed by atoms with E-state index in [1.807, 2.05) is 12.1 Å². The molecule has 26 heavy (non-hydrogen) atoms. The number of methoxy groups -OCH3 is 3. The number of nitrogens with one attached hydrogen (secondary N) is 1. The maximum Gasteiger partial charge on any atom is 0.224 e. The van der Waals surface area contributed by atoms with E-state index in [0.717, 1.165) is 18.4 Å². The fourth-order valence-corrected chi connectivity index (χ4v) is 4.48. The van der Waals surface area contributed by atoms with E-state index in [9.17, 15) is 4.79 Å². The number of rotatable bonds is 7. The van der Waals surface area contributed by atoms with Crippen LogP contribution in [-0.4, -0.2) is 39.8 Å². The van der Waals surface area contributed by atoms with E-state index in [1.54, 1.807) is 21.3 Å². The summed E-state index contributed by atoms with van der Waals surface area (Å²) < 4.78 is 16.2. The Morgan fingerprint density at radius 2 is 1.73 bits per heavy atom. The van der Waals surface area contributed by atoms with Crippen molar-refractivity contribution >= 4 is 18.3 Å². The summed E-state index contributed by atoms with van der Waals surface area (Å²) in [6.45, 7) is 0.526. The number of amides is 1. The van der Waals surface area contributed by atoms with Crippen molar-refractivity contribution in [2.24, 2.45) is 23.5 Å². The van der Waals surface area contributed by atoms with Crippen LogP contribution in [0.25, 0.3) is 0 Å². The Morgan fingerprint density at radius 3 is 2.23 bits per heavy atom. The van der Waals surface area contributed by atoms with Crippen molar-refractivity contribution in [1.82, 2.24) is 5.32 Å². The molecule has 2 aliphatic carbocycles. The molecule has 1 aromatic rings. The first-order valence-corrected chi connectivity index (χ1v) is 8.91. The van der Waals surface area contributed by atoms with E-state index in [-0.39, 0.29) is 30.3 Å². The van der Waals surface area contributed by atoms with Gasteiger partial charge in [-0.25, -0.2) is 0 Å². The van der Waals surface area contributed by atoms with Crippen molar-refractivity contribution in [1.29, 1.82) is 0 Å². The number of carbonyl (C=O) groups is 1. The zero-order valence-electron chi connectivity index (χ0n) is 15.6. The summed E-state index contributed by atoms with van der Waals surface area (Å²) in [7, 11) is 4.84. The molecule has 2 aliphatic rings. The van der Waals surface area contributed by atoms with Crippen LogP contribution in [0.3, 0.4) is 0 Å². The van der Waals surface area contributed by atoms with E-state index < -0.39 is 0 Å². The van der Waals surface area contributed by atoms with Gasteiger partial charge in [-0.2, -0.15) is 0 Å². The third-order valence-corrected chi connectivity index (χ3v) is 5.77. The number of benzene rings is 1. The monoisotopic (exact) mass is 384 g/mol. The first kappa shape index (κ1) is 20.6. The van der Waals surface area contributed by atoms with Gasteiger partial charge in [0.25, 0.3) is 0 Å². The number of carbonyl (C=O) groups excluding carboxylic acids is 1. The summed E-state index contributed by atoms with van der Waals surface area (Å²) in [6.07, 6.45) is 4.05. The molecule has 0 radical (unpaired) electrons. The van der Waals surface area contributed by atoms with Crippen LogP contribution in [0, 0.1) is 17.8 Å². The molecule has 0 aromatic heterocycles. The molecule has 0 heterocycles. The highest BCUT2D eigenvalue weighted by Gasteiger charge is 2.48. The summed E-state index contributed by atoms with van der Waals surface area (Å²) in [5.74, 6) is 3.12. The van der Waals surface area contributed by atoms with Crippen LogP contribution in [0.2, 0.25) is 0 Å². The fraction of sp³-hybridized carbons (Fsp3) is 0.632. The minimum absolute atomic E-state index is 0. The summed E-state index contributed by atoms with van der Waals surface area (Å²) in [4.78, 5) is 12.6. The van der Waals surface area contributed by atoms with Crippen LogP contribution in [0.1, 0.15) is 24.8 Å². The van der Waals surface area contributed by atoms with Gasteiger partial charge >= 0.3 is 0 Å². The minimum Gasteiger partial charge on any atom is -0.496 e. The van der Waals surface area contributed by atoms with Crippen molar-refractivity contribution in [3.63, 3.8) is 0 Å². The summed E-state index contributed by atoms with van der Waals surface area (Å²) >= 11 is 0. The SMILES string of the molecule is COc1cc(OC)c(CCNC(=O)C2C3CCC(C3)C2N)c(OC)c1.Cl. The Balaban J connectivity index is 0.00000243.